The fourth-order valence-electron chi connectivity index (χ4n) is 2.36. The van der Waals surface area contributed by atoms with Crippen LogP contribution in [-0.2, 0) is 9.53 Å². The van der Waals surface area contributed by atoms with Gasteiger partial charge in [-0.25, -0.2) is 0 Å². The van der Waals surface area contributed by atoms with Gasteiger partial charge < -0.3 is 10.1 Å². The van der Waals surface area contributed by atoms with Gasteiger partial charge in [0.1, 0.15) is 0 Å². The van der Waals surface area contributed by atoms with E-state index in [9.17, 15) is 4.79 Å². The summed E-state index contributed by atoms with van der Waals surface area (Å²) >= 11 is 5.94. The molecular weight excluding hydrogens is 298 g/mol. The number of nitrogens with one attached hydrogen (secondary N) is 1. The van der Waals surface area contributed by atoms with Crippen LogP contribution in [0, 0.1) is 0 Å². The van der Waals surface area contributed by atoms with Crippen molar-refractivity contribution in [1.82, 2.24) is 5.32 Å². The molecule has 4 heteroatoms. The summed E-state index contributed by atoms with van der Waals surface area (Å²) < 4.78 is 4.81. The van der Waals surface area contributed by atoms with Crippen molar-refractivity contribution in [3.8, 4) is 0 Å². The van der Waals surface area contributed by atoms with Crippen molar-refractivity contribution >= 4 is 17.6 Å². The largest absolute Gasteiger partial charge is 0.469 e. The minimum absolute atomic E-state index is 0.117. The summed E-state index contributed by atoms with van der Waals surface area (Å²) in [6.45, 7) is 2.08. The number of ether oxygens (including phenoxy) is 1. The number of carbonyl (C=O) groups excluding carboxylic acids is 1. The molecule has 0 amide bonds. The second-order valence-electron chi connectivity index (χ2n) is 5.18. The van der Waals surface area contributed by atoms with Crippen LogP contribution in [0.5, 0.6) is 0 Å². The number of methoxy groups -OCH3 is 1. The lowest BCUT2D eigenvalue weighted by Crippen LogP contribution is -2.27. The summed E-state index contributed by atoms with van der Waals surface area (Å²) in [5, 5.41) is 4.17. The van der Waals surface area contributed by atoms with E-state index in [1.54, 1.807) is 0 Å². The maximum Gasteiger partial charge on any atom is 0.307 e. The maximum absolute atomic E-state index is 11.7. The highest BCUT2D eigenvalue weighted by Gasteiger charge is 2.19. The van der Waals surface area contributed by atoms with E-state index >= 15 is 0 Å². The van der Waals surface area contributed by atoms with Crippen molar-refractivity contribution in [2.45, 2.75) is 25.4 Å². The van der Waals surface area contributed by atoms with Crippen molar-refractivity contribution < 1.29 is 9.53 Å². The summed E-state index contributed by atoms with van der Waals surface area (Å²) in [4.78, 5) is 11.7. The first-order valence-corrected chi connectivity index (χ1v) is 7.61. The lowest BCUT2D eigenvalue weighted by molar-refractivity contribution is -0.141. The number of halogens is 1. The van der Waals surface area contributed by atoms with E-state index in [2.05, 4.69) is 24.4 Å². The number of hydrogen-bond donors (Lipinski definition) is 1. The molecule has 3 nitrogen and oxygen atoms in total. The Kier molecular flexibility index (Phi) is 5.99. The van der Waals surface area contributed by atoms with Crippen LogP contribution < -0.4 is 5.32 Å². The topological polar surface area (TPSA) is 38.3 Å². The van der Waals surface area contributed by atoms with Crippen LogP contribution in [0.2, 0.25) is 5.02 Å². The Hall–Kier alpha value is -1.84. The summed E-state index contributed by atoms with van der Waals surface area (Å²) in [5.74, 6) is -0.243. The lowest BCUT2D eigenvalue weighted by atomic mass is 10.0. The van der Waals surface area contributed by atoms with Crippen LogP contribution in [0.25, 0.3) is 0 Å². The fourth-order valence-corrected chi connectivity index (χ4v) is 2.48. The maximum atomic E-state index is 11.7. The third-order valence-electron chi connectivity index (χ3n) is 3.62. The molecule has 0 unspecified atom stereocenters. The Morgan fingerprint density at radius 3 is 2.32 bits per heavy atom. The van der Waals surface area contributed by atoms with Gasteiger partial charge in [0.2, 0.25) is 0 Å². The number of esters is 1. The Morgan fingerprint density at radius 1 is 1.09 bits per heavy atom. The van der Waals surface area contributed by atoms with Gasteiger partial charge in [0.15, 0.2) is 0 Å². The van der Waals surface area contributed by atoms with E-state index in [1.165, 1.54) is 12.7 Å². The average Bonchev–Trinajstić information content (AvgIpc) is 2.55. The normalized spacial score (nSPS) is 13.4. The first-order chi connectivity index (χ1) is 10.6. The van der Waals surface area contributed by atoms with Crippen LogP contribution in [0.3, 0.4) is 0 Å². The first kappa shape index (κ1) is 16.5. The summed E-state index contributed by atoms with van der Waals surface area (Å²) in [5.41, 5.74) is 2.18. The van der Waals surface area contributed by atoms with Gasteiger partial charge in [0.05, 0.1) is 13.5 Å². The lowest BCUT2D eigenvalue weighted by Gasteiger charge is -2.23. The van der Waals surface area contributed by atoms with Crippen LogP contribution in [0.1, 0.15) is 36.6 Å². The Balaban J connectivity index is 2.17. The molecule has 2 atom stereocenters. The van der Waals surface area contributed by atoms with E-state index in [0.29, 0.717) is 5.02 Å². The molecule has 1 N–H and O–H groups in total. The van der Waals surface area contributed by atoms with E-state index < -0.39 is 0 Å². The molecule has 0 bridgehead atoms. The molecule has 0 aliphatic heterocycles. The molecule has 0 heterocycles. The predicted octanol–water partition coefficient (Wildman–Crippen LogP) is 4.30. The van der Waals surface area contributed by atoms with Gasteiger partial charge >= 0.3 is 5.97 Å². The van der Waals surface area contributed by atoms with Crippen molar-refractivity contribution in [3.63, 3.8) is 0 Å². The number of rotatable bonds is 6. The zero-order valence-electron chi connectivity index (χ0n) is 12.8. The van der Waals surface area contributed by atoms with Gasteiger partial charge in [-0.05, 0) is 30.2 Å². The Labute approximate surface area is 136 Å². The molecule has 22 heavy (non-hydrogen) atoms. The second kappa shape index (κ2) is 7.97. The van der Waals surface area contributed by atoms with Gasteiger partial charge in [-0.1, -0.05) is 54.1 Å². The van der Waals surface area contributed by atoms with Crippen molar-refractivity contribution in [2.24, 2.45) is 0 Å². The van der Waals surface area contributed by atoms with Crippen LogP contribution in [0.15, 0.2) is 54.6 Å². The van der Waals surface area contributed by atoms with E-state index in [4.69, 9.17) is 16.3 Å². The van der Waals surface area contributed by atoms with Gasteiger partial charge in [-0.2, -0.15) is 0 Å². The molecule has 0 spiro atoms. The number of hydrogen-bond acceptors (Lipinski definition) is 3. The average molecular weight is 318 g/mol. The molecule has 2 aromatic carbocycles. The van der Waals surface area contributed by atoms with Crippen LogP contribution in [-0.4, -0.2) is 13.1 Å². The van der Waals surface area contributed by atoms with Gasteiger partial charge in [-0.3, -0.25) is 4.79 Å². The SMILES string of the molecule is COC(=O)C[C@@H](N[C@H](C)c1ccccc1)c1ccc(Cl)cc1. The Bertz CT molecular complexity index is 598. The molecule has 0 saturated heterocycles. The Morgan fingerprint density at radius 2 is 1.73 bits per heavy atom. The summed E-state index contributed by atoms with van der Waals surface area (Å²) in [7, 11) is 1.40. The van der Waals surface area contributed by atoms with Crippen LogP contribution in [0.4, 0.5) is 0 Å². The molecule has 2 rings (SSSR count). The minimum atomic E-state index is -0.243. The van der Waals surface area contributed by atoms with E-state index in [-0.39, 0.29) is 24.5 Å². The minimum Gasteiger partial charge on any atom is -0.469 e. The standard InChI is InChI=1S/C18H20ClNO2/c1-13(14-6-4-3-5-7-14)20-17(12-18(21)22-2)15-8-10-16(19)11-9-15/h3-11,13,17,20H,12H2,1-2H3/t13-,17-/m1/s1. The van der Waals surface area contributed by atoms with Crippen molar-refractivity contribution in [2.75, 3.05) is 7.11 Å². The molecule has 0 aliphatic carbocycles. The molecule has 0 saturated carbocycles. The molecule has 0 radical (unpaired) electrons. The van der Waals surface area contributed by atoms with E-state index in [0.717, 1.165) is 5.56 Å². The molecule has 116 valence electrons. The quantitative estimate of drug-likeness (QED) is 0.807. The molecule has 0 fully saturated rings. The zero-order chi connectivity index (χ0) is 15.9. The van der Waals surface area contributed by atoms with Crippen molar-refractivity contribution in [3.05, 3.63) is 70.7 Å². The highest BCUT2D eigenvalue weighted by atomic mass is 35.5. The molecule has 0 aromatic heterocycles. The van der Waals surface area contributed by atoms with Gasteiger partial charge in [-0.15, -0.1) is 0 Å². The first-order valence-electron chi connectivity index (χ1n) is 7.23. The number of carbonyl (C=O) groups is 1. The number of benzene rings is 2. The highest BCUT2D eigenvalue weighted by Crippen LogP contribution is 2.24. The molecule has 0 aliphatic rings. The summed E-state index contributed by atoms with van der Waals surface area (Å²) in [6.07, 6.45) is 0.273. The third kappa shape index (κ3) is 4.58. The highest BCUT2D eigenvalue weighted by molar-refractivity contribution is 6.30. The zero-order valence-corrected chi connectivity index (χ0v) is 13.5. The molecular formula is C18H20ClNO2. The predicted molar refractivity (Wildman–Crippen MR) is 88.8 cm³/mol. The fraction of sp³-hybridized carbons (Fsp3) is 0.278. The van der Waals surface area contributed by atoms with Gasteiger partial charge in [0, 0.05) is 17.1 Å². The smallest absolute Gasteiger partial charge is 0.307 e. The molecule has 2 aromatic rings. The summed E-state index contributed by atoms with van der Waals surface area (Å²) in [6, 6.07) is 17.6. The monoisotopic (exact) mass is 317 g/mol. The van der Waals surface area contributed by atoms with Crippen LogP contribution >= 0.6 is 11.6 Å². The second-order valence-corrected chi connectivity index (χ2v) is 5.62. The third-order valence-corrected chi connectivity index (χ3v) is 3.87. The van der Waals surface area contributed by atoms with E-state index in [1.807, 2.05) is 42.5 Å². The van der Waals surface area contributed by atoms with Crippen molar-refractivity contribution in [1.29, 1.82) is 0 Å². The van der Waals surface area contributed by atoms with Gasteiger partial charge in [0.25, 0.3) is 0 Å².